The van der Waals surface area contributed by atoms with Gasteiger partial charge in [0, 0.05) is 0 Å². The Morgan fingerprint density at radius 1 is 0.406 bits per heavy atom. The molecule has 0 nitrogen and oxygen atoms in total. The van der Waals surface area contributed by atoms with Crippen LogP contribution in [0.4, 0.5) is 0 Å². The molecule has 0 N–H and O–H groups in total. The van der Waals surface area contributed by atoms with Crippen molar-refractivity contribution in [1.82, 2.24) is 0 Å². The van der Waals surface area contributed by atoms with Gasteiger partial charge in [-0.15, -0.1) is 0 Å². The number of aryl methyl sites for hydroxylation is 1. The molecular weight excluding hydrogens is 384 g/mol. The summed E-state index contributed by atoms with van der Waals surface area (Å²) < 4.78 is 0. The van der Waals surface area contributed by atoms with Crippen molar-refractivity contribution in [2.45, 2.75) is 12.3 Å². The van der Waals surface area contributed by atoms with Crippen LogP contribution in [0.15, 0.2) is 115 Å². The smallest absolute Gasteiger partial charge is 0.0622 e. The lowest BCUT2D eigenvalue weighted by molar-refractivity contribution is 0.793. The molecule has 32 heavy (non-hydrogen) atoms. The van der Waals surface area contributed by atoms with Gasteiger partial charge < -0.3 is 0 Å². The van der Waals surface area contributed by atoms with Crippen molar-refractivity contribution in [3.63, 3.8) is 0 Å². The van der Waals surface area contributed by atoms with Crippen LogP contribution in [0.2, 0.25) is 0 Å². The van der Waals surface area contributed by atoms with Crippen LogP contribution in [0, 0.1) is 6.92 Å². The topological polar surface area (TPSA) is 0 Å². The fourth-order valence-corrected chi connectivity index (χ4v) is 6.26. The van der Waals surface area contributed by atoms with Gasteiger partial charge in [-0.3, -0.25) is 0 Å². The summed E-state index contributed by atoms with van der Waals surface area (Å²) in [7, 11) is 0. The van der Waals surface area contributed by atoms with Crippen molar-refractivity contribution >= 4 is 0 Å². The second kappa shape index (κ2) is 6.31. The van der Waals surface area contributed by atoms with Gasteiger partial charge in [-0.2, -0.15) is 0 Å². The molecule has 2 aliphatic carbocycles. The molecule has 0 aromatic heterocycles. The third-order valence-corrected chi connectivity index (χ3v) is 7.43. The Hall–Kier alpha value is -3.90. The Labute approximate surface area is 188 Å². The van der Waals surface area contributed by atoms with Crippen LogP contribution < -0.4 is 0 Å². The normalized spacial score (nSPS) is 14.0. The van der Waals surface area contributed by atoms with Crippen molar-refractivity contribution in [1.29, 1.82) is 0 Å². The minimum Gasteiger partial charge on any atom is -0.0622 e. The van der Waals surface area contributed by atoms with E-state index >= 15 is 0 Å². The maximum atomic E-state index is 2.38. The Kier molecular flexibility index (Phi) is 3.50. The van der Waals surface area contributed by atoms with Gasteiger partial charge in [0.2, 0.25) is 0 Å². The summed E-state index contributed by atoms with van der Waals surface area (Å²) in [6.45, 7) is 2.24. The molecule has 0 bridgehead atoms. The summed E-state index contributed by atoms with van der Waals surface area (Å²) in [5.41, 5.74) is 14.7. The molecule has 0 fully saturated rings. The highest BCUT2D eigenvalue weighted by molar-refractivity contribution is 6.00. The Balaban J connectivity index is 1.70. The zero-order valence-corrected chi connectivity index (χ0v) is 18.0. The molecular formula is C32H22. The highest BCUT2D eigenvalue weighted by Gasteiger charge is 2.52. The summed E-state index contributed by atoms with van der Waals surface area (Å²) in [4.78, 5) is 0. The molecule has 2 aliphatic rings. The largest absolute Gasteiger partial charge is 0.0725 e. The molecule has 7 rings (SSSR count). The van der Waals surface area contributed by atoms with Crippen LogP contribution in [-0.2, 0) is 5.41 Å². The number of fused-ring (bicyclic) bond motifs is 10. The minimum atomic E-state index is -0.268. The van der Waals surface area contributed by atoms with Gasteiger partial charge in [0.05, 0.1) is 5.41 Å². The third-order valence-electron chi connectivity index (χ3n) is 7.43. The van der Waals surface area contributed by atoms with Crippen LogP contribution in [0.25, 0.3) is 33.4 Å². The third kappa shape index (κ3) is 2.03. The molecule has 0 radical (unpaired) electrons. The van der Waals surface area contributed by atoms with E-state index < -0.39 is 0 Å². The summed E-state index contributed by atoms with van der Waals surface area (Å²) in [6, 6.07) is 42.6. The molecule has 0 amide bonds. The molecule has 0 unspecified atom stereocenters. The van der Waals surface area contributed by atoms with Crippen molar-refractivity contribution in [3.8, 4) is 33.4 Å². The number of hydrogen-bond acceptors (Lipinski definition) is 0. The van der Waals surface area contributed by atoms with E-state index in [4.69, 9.17) is 0 Å². The first kappa shape index (κ1) is 17.7. The van der Waals surface area contributed by atoms with Gasteiger partial charge in [0.15, 0.2) is 0 Å². The van der Waals surface area contributed by atoms with Gasteiger partial charge in [-0.05, 0) is 68.1 Å². The van der Waals surface area contributed by atoms with Crippen molar-refractivity contribution < 1.29 is 0 Å². The number of hydrogen-bond donors (Lipinski definition) is 0. The fraction of sp³-hybridized carbons (Fsp3) is 0.0625. The lowest BCUT2D eigenvalue weighted by Gasteiger charge is -2.30. The summed E-state index contributed by atoms with van der Waals surface area (Å²) in [6.07, 6.45) is 0. The Bertz CT molecular complexity index is 1480. The van der Waals surface area contributed by atoms with Gasteiger partial charge >= 0.3 is 0 Å². The quantitative estimate of drug-likeness (QED) is 0.259. The van der Waals surface area contributed by atoms with E-state index in [1.165, 1.54) is 61.2 Å². The Morgan fingerprint density at radius 2 is 0.906 bits per heavy atom. The molecule has 0 aliphatic heterocycles. The van der Waals surface area contributed by atoms with Crippen LogP contribution in [0.1, 0.15) is 27.8 Å². The zero-order chi connectivity index (χ0) is 21.3. The predicted octanol–water partition coefficient (Wildman–Crippen LogP) is 8.01. The average Bonchev–Trinajstić information content (AvgIpc) is 3.32. The zero-order valence-electron chi connectivity index (χ0n) is 18.0. The van der Waals surface area contributed by atoms with E-state index in [1.54, 1.807) is 0 Å². The molecule has 0 saturated heterocycles. The van der Waals surface area contributed by atoms with E-state index in [9.17, 15) is 0 Å². The molecule has 150 valence electrons. The first-order valence-electron chi connectivity index (χ1n) is 11.3. The maximum absolute atomic E-state index is 2.38. The van der Waals surface area contributed by atoms with E-state index in [0.29, 0.717) is 0 Å². The van der Waals surface area contributed by atoms with Gasteiger partial charge in [-0.25, -0.2) is 0 Å². The molecule has 0 atom stereocenters. The Morgan fingerprint density at radius 3 is 1.53 bits per heavy atom. The van der Waals surface area contributed by atoms with E-state index in [0.717, 1.165) is 0 Å². The minimum absolute atomic E-state index is 0.268. The second-order valence-electron chi connectivity index (χ2n) is 8.93. The van der Waals surface area contributed by atoms with Crippen molar-refractivity contribution in [2.24, 2.45) is 0 Å². The van der Waals surface area contributed by atoms with Gasteiger partial charge in [-0.1, -0.05) is 115 Å². The van der Waals surface area contributed by atoms with Gasteiger partial charge in [0.25, 0.3) is 0 Å². The van der Waals surface area contributed by atoms with Crippen LogP contribution in [0.5, 0.6) is 0 Å². The molecule has 1 spiro atoms. The van der Waals surface area contributed by atoms with Crippen LogP contribution in [0.3, 0.4) is 0 Å². The van der Waals surface area contributed by atoms with Crippen molar-refractivity contribution in [3.05, 3.63) is 143 Å². The van der Waals surface area contributed by atoms with Crippen LogP contribution >= 0.6 is 0 Å². The average molecular weight is 407 g/mol. The summed E-state index contributed by atoms with van der Waals surface area (Å²) in [5.74, 6) is 0. The van der Waals surface area contributed by atoms with E-state index in [1.807, 2.05) is 0 Å². The fourth-order valence-electron chi connectivity index (χ4n) is 6.26. The lowest BCUT2D eigenvalue weighted by atomic mass is 9.70. The van der Waals surface area contributed by atoms with Crippen LogP contribution in [-0.4, -0.2) is 0 Å². The second-order valence-corrected chi connectivity index (χ2v) is 8.93. The van der Waals surface area contributed by atoms with E-state index in [-0.39, 0.29) is 5.41 Å². The summed E-state index contributed by atoms with van der Waals surface area (Å²) >= 11 is 0. The molecule has 5 aromatic carbocycles. The molecule has 0 heterocycles. The SMILES string of the molecule is Cc1ccc2c(c1-c1ccccc1)-c1ccccc1C21c2ccccc2-c2ccccc21. The maximum Gasteiger partial charge on any atom is 0.0725 e. The number of benzene rings is 5. The molecule has 0 heteroatoms. The lowest BCUT2D eigenvalue weighted by Crippen LogP contribution is -2.25. The van der Waals surface area contributed by atoms with Crippen molar-refractivity contribution in [2.75, 3.05) is 0 Å². The summed E-state index contributed by atoms with van der Waals surface area (Å²) in [5, 5.41) is 0. The molecule has 0 saturated carbocycles. The monoisotopic (exact) mass is 406 g/mol. The first-order valence-corrected chi connectivity index (χ1v) is 11.3. The highest BCUT2D eigenvalue weighted by Crippen LogP contribution is 2.64. The first-order chi connectivity index (χ1) is 15.8. The highest BCUT2D eigenvalue weighted by atomic mass is 14.5. The van der Waals surface area contributed by atoms with E-state index in [2.05, 4.69) is 122 Å². The number of rotatable bonds is 1. The molecule has 5 aromatic rings. The standard InChI is InChI=1S/C32H22/c1-21-19-20-29-31(30(21)22-11-3-2-4-12-22)25-15-7-10-18-28(25)32(29)26-16-8-5-13-23(26)24-14-6-9-17-27(24)32/h2-20H,1H3. The predicted molar refractivity (Wildman–Crippen MR) is 133 cm³/mol. The van der Waals surface area contributed by atoms with Gasteiger partial charge in [0.1, 0.15) is 0 Å².